The molecule has 0 aliphatic rings. The summed E-state index contributed by atoms with van der Waals surface area (Å²) in [6, 6.07) is 4.98. The SMILES string of the molecule is COc1ccc(C(C)NCc2c(C)nn(CCO)c2C)cc1F. The van der Waals surface area contributed by atoms with Gasteiger partial charge in [0.2, 0.25) is 0 Å². The summed E-state index contributed by atoms with van der Waals surface area (Å²) in [6.07, 6.45) is 0. The van der Waals surface area contributed by atoms with E-state index in [2.05, 4.69) is 10.4 Å². The van der Waals surface area contributed by atoms with Crippen molar-refractivity contribution in [2.45, 2.75) is 39.9 Å². The topological polar surface area (TPSA) is 59.3 Å². The van der Waals surface area contributed by atoms with E-state index in [0.29, 0.717) is 13.1 Å². The number of aryl methyl sites for hydroxylation is 1. The van der Waals surface area contributed by atoms with Gasteiger partial charge in [-0.3, -0.25) is 4.68 Å². The number of methoxy groups -OCH3 is 1. The number of hydrogen-bond donors (Lipinski definition) is 2. The van der Waals surface area contributed by atoms with Crippen molar-refractivity contribution in [3.05, 3.63) is 46.5 Å². The van der Waals surface area contributed by atoms with Crippen LogP contribution in [0.15, 0.2) is 18.2 Å². The van der Waals surface area contributed by atoms with Gasteiger partial charge in [-0.1, -0.05) is 6.07 Å². The summed E-state index contributed by atoms with van der Waals surface area (Å²) in [5.74, 6) is -0.111. The zero-order chi connectivity index (χ0) is 17.0. The predicted octanol–water partition coefficient (Wildman–Crippen LogP) is 2.49. The number of aliphatic hydroxyl groups excluding tert-OH is 1. The molecule has 0 aliphatic carbocycles. The van der Waals surface area contributed by atoms with E-state index in [-0.39, 0.29) is 24.2 Å². The van der Waals surface area contributed by atoms with Gasteiger partial charge < -0.3 is 15.2 Å². The zero-order valence-corrected chi connectivity index (χ0v) is 14.1. The highest BCUT2D eigenvalue weighted by molar-refractivity contribution is 5.31. The minimum Gasteiger partial charge on any atom is -0.494 e. The number of nitrogens with zero attached hydrogens (tertiary/aromatic N) is 2. The van der Waals surface area contributed by atoms with Gasteiger partial charge in [0.1, 0.15) is 0 Å². The van der Waals surface area contributed by atoms with E-state index in [0.717, 1.165) is 22.5 Å². The quantitative estimate of drug-likeness (QED) is 0.822. The van der Waals surface area contributed by atoms with Gasteiger partial charge >= 0.3 is 0 Å². The summed E-state index contributed by atoms with van der Waals surface area (Å²) in [5, 5.41) is 16.9. The highest BCUT2D eigenvalue weighted by atomic mass is 19.1. The Morgan fingerprint density at radius 1 is 1.39 bits per heavy atom. The molecule has 0 saturated heterocycles. The fraction of sp³-hybridized carbons (Fsp3) is 0.471. The molecule has 6 heteroatoms. The third-order valence-corrected chi connectivity index (χ3v) is 4.10. The number of rotatable bonds is 7. The average Bonchev–Trinajstić information content (AvgIpc) is 2.79. The molecule has 2 rings (SSSR count). The molecule has 1 aromatic carbocycles. The Morgan fingerprint density at radius 3 is 2.74 bits per heavy atom. The lowest BCUT2D eigenvalue weighted by atomic mass is 10.1. The van der Waals surface area contributed by atoms with Crippen LogP contribution in [0.3, 0.4) is 0 Å². The second-order valence-electron chi connectivity index (χ2n) is 5.59. The summed E-state index contributed by atoms with van der Waals surface area (Å²) in [6.45, 7) is 7.13. The molecule has 0 radical (unpaired) electrons. The molecule has 0 aliphatic heterocycles. The van der Waals surface area contributed by atoms with Crippen molar-refractivity contribution in [2.24, 2.45) is 0 Å². The van der Waals surface area contributed by atoms with Gasteiger partial charge in [-0.05, 0) is 38.5 Å². The molecule has 0 spiro atoms. The van der Waals surface area contributed by atoms with Crippen molar-refractivity contribution in [1.82, 2.24) is 15.1 Å². The molecule has 0 bridgehead atoms. The summed E-state index contributed by atoms with van der Waals surface area (Å²) in [4.78, 5) is 0. The molecule has 1 aromatic heterocycles. The molecule has 23 heavy (non-hydrogen) atoms. The van der Waals surface area contributed by atoms with E-state index in [9.17, 15) is 4.39 Å². The lowest BCUT2D eigenvalue weighted by Gasteiger charge is -2.15. The van der Waals surface area contributed by atoms with Gasteiger partial charge in [0, 0.05) is 23.8 Å². The molecule has 0 amide bonds. The molecule has 1 heterocycles. The Kier molecular flexibility index (Phi) is 5.74. The molecule has 1 unspecified atom stereocenters. The zero-order valence-electron chi connectivity index (χ0n) is 14.1. The molecular formula is C17H24FN3O2. The van der Waals surface area contributed by atoms with Crippen LogP contribution in [0.25, 0.3) is 0 Å². The summed E-state index contributed by atoms with van der Waals surface area (Å²) in [5.41, 5.74) is 3.95. The van der Waals surface area contributed by atoms with Crippen molar-refractivity contribution < 1.29 is 14.2 Å². The Labute approximate surface area is 136 Å². The van der Waals surface area contributed by atoms with Gasteiger partial charge in [-0.2, -0.15) is 5.10 Å². The predicted molar refractivity (Wildman–Crippen MR) is 87.0 cm³/mol. The van der Waals surface area contributed by atoms with E-state index in [1.165, 1.54) is 13.2 Å². The van der Waals surface area contributed by atoms with Crippen LogP contribution in [0.5, 0.6) is 5.75 Å². The second-order valence-corrected chi connectivity index (χ2v) is 5.59. The number of hydrogen-bond acceptors (Lipinski definition) is 4. The second kappa shape index (κ2) is 7.57. The molecule has 2 N–H and O–H groups in total. The average molecular weight is 321 g/mol. The normalized spacial score (nSPS) is 12.4. The first-order chi connectivity index (χ1) is 11.0. The maximum Gasteiger partial charge on any atom is 0.165 e. The maximum absolute atomic E-state index is 13.8. The minimum absolute atomic E-state index is 0.00426. The highest BCUT2D eigenvalue weighted by Crippen LogP contribution is 2.22. The van der Waals surface area contributed by atoms with Crippen LogP contribution in [-0.2, 0) is 13.1 Å². The van der Waals surface area contributed by atoms with E-state index >= 15 is 0 Å². The Bertz CT molecular complexity index is 670. The number of aromatic nitrogens is 2. The van der Waals surface area contributed by atoms with E-state index in [1.54, 1.807) is 6.07 Å². The van der Waals surface area contributed by atoms with Gasteiger partial charge in [0.25, 0.3) is 0 Å². The van der Waals surface area contributed by atoms with Crippen LogP contribution >= 0.6 is 0 Å². The fourth-order valence-electron chi connectivity index (χ4n) is 2.63. The molecule has 2 aromatic rings. The number of halogens is 1. The monoisotopic (exact) mass is 321 g/mol. The molecule has 0 saturated carbocycles. The van der Waals surface area contributed by atoms with Crippen LogP contribution in [0.4, 0.5) is 4.39 Å². The number of aliphatic hydroxyl groups is 1. The first-order valence-corrected chi connectivity index (χ1v) is 7.68. The van der Waals surface area contributed by atoms with Crippen LogP contribution < -0.4 is 10.1 Å². The lowest BCUT2D eigenvalue weighted by molar-refractivity contribution is 0.267. The number of benzene rings is 1. The highest BCUT2D eigenvalue weighted by Gasteiger charge is 2.14. The van der Waals surface area contributed by atoms with Crippen molar-refractivity contribution in [2.75, 3.05) is 13.7 Å². The van der Waals surface area contributed by atoms with Gasteiger partial charge in [-0.15, -0.1) is 0 Å². The van der Waals surface area contributed by atoms with Gasteiger partial charge in [-0.25, -0.2) is 4.39 Å². The Hall–Kier alpha value is -1.92. The van der Waals surface area contributed by atoms with Crippen molar-refractivity contribution in [1.29, 1.82) is 0 Å². The third kappa shape index (κ3) is 3.89. The molecule has 0 fully saturated rings. The van der Waals surface area contributed by atoms with Crippen LogP contribution in [0.1, 0.15) is 35.5 Å². The molecule has 126 valence electrons. The maximum atomic E-state index is 13.8. The standard InChI is InChI=1S/C17H24FN3O2/c1-11(14-5-6-17(23-4)16(18)9-14)19-10-15-12(2)20-21(7-8-22)13(15)3/h5-6,9,11,19,22H,7-8,10H2,1-4H3. The number of ether oxygens (including phenoxy) is 1. The number of nitrogens with one attached hydrogen (secondary N) is 1. The summed E-state index contributed by atoms with van der Waals surface area (Å²) < 4.78 is 20.5. The Morgan fingerprint density at radius 2 is 2.13 bits per heavy atom. The van der Waals surface area contributed by atoms with Crippen molar-refractivity contribution in [3.8, 4) is 5.75 Å². The molecule has 1 atom stereocenters. The van der Waals surface area contributed by atoms with Crippen molar-refractivity contribution >= 4 is 0 Å². The first-order valence-electron chi connectivity index (χ1n) is 7.68. The van der Waals surface area contributed by atoms with E-state index in [4.69, 9.17) is 9.84 Å². The fourth-order valence-corrected chi connectivity index (χ4v) is 2.63. The van der Waals surface area contributed by atoms with Crippen molar-refractivity contribution in [3.63, 3.8) is 0 Å². The van der Waals surface area contributed by atoms with E-state index < -0.39 is 0 Å². The minimum atomic E-state index is -0.359. The van der Waals surface area contributed by atoms with Gasteiger partial charge in [0.05, 0.1) is 26.0 Å². The summed E-state index contributed by atoms with van der Waals surface area (Å²) >= 11 is 0. The first kappa shape index (κ1) is 17.4. The van der Waals surface area contributed by atoms with Crippen LogP contribution in [0, 0.1) is 19.7 Å². The largest absolute Gasteiger partial charge is 0.494 e. The van der Waals surface area contributed by atoms with E-state index in [1.807, 2.05) is 31.5 Å². The van der Waals surface area contributed by atoms with Gasteiger partial charge in [0.15, 0.2) is 11.6 Å². The lowest BCUT2D eigenvalue weighted by Crippen LogP contribution is -2.19. The summed E-state index contributed by atoms with van der Waals surface area (Å²) in [7, 11) is 1.45. The third-order valence-electron chi connectivity index (χ3n) is 4.10. The van der Waals surface area contributed by atoms with Crippen LogP contribution in [-0.4, -0.2) is 28.6 Å². The smallest absolute Gasteiger partial charge is 0.165 e. The van der Waals surface area contributed by atoms with Crippen LogP contribution in [0.2, 0.25) is 0 Å². The Balaban J connectivity index is 2.07. The molecular weight excluding hydrogens is 297 g/mol. The molecule has 5 nitrogen and oxygen atoms in total.